The second kappa shape index (κ2) is 14.4. The molecule has 1 aromatic heterocycles. The number of urea groups is 1. The lowest BCUT2D eigenvalue weighted by Crippen LogP contribution is -2.65. The molecule has 9 rings (SSSR count). The SMILES string of the molecule is CC[C@H](NC(=O)[C@@H]1C[C@@](C)(NC(=O)N[C@H](C)c2cccc3ccccc23)c2ncc(NCc3cccc(C(F)(F)F)c3)c(=O)n21)B1O[C@@H]2C[C@@H]3C[C@@H](C3(C)C)[C@]2(C)O1. The summed E-state index contributed by atoms with van der Waals surface area (Å²) in [6, 6.07) is 16.6. The van der Waals surface area contributed by atoms with Gasteiger partial charge in [-0.25, -0.2) is 9.78 Å². The van der Waals surface area contributed by atoms with Gasteiger partial charge >= 0.3 is 19.3 Å². The number of nitrogens with one attached hydrogen (secondary N) is 4. The number of halogens is 3. The molecule has 5 aliphatic rings. The number of hydrogen-bond acceptors (Lipinski definition) is 7. The summed E-state index contributed by atoms with van der Waals surface area (Å²) < 4.78 is 54.8. The van der Waals surface area contributed by atoms with Gasteiger partial charge in [-0.2, -0.15) is 13.2 Å². The van der Waals surface area contributed by atoms with Crippen molar-refractivity contribution in [2.24, 2.45) is 17.3 Å². The Balaban J connectivity index is 1.05. The highest BCUT2D eigenvalue weighted by Gasteiger charge is 2.68. The Bertz CT molecular complexity index is 2320. The fourth-order valence-electron chi connectivity index (χ4n) is 10.1. The topological polar surface area (TPSA) is 136 Å². The molecule has 3 saturated carbocycles. The summed E-state index contributed by atoms with van der Waals surface area (Å²) in [7, 11) is -0.693. The largest absolute Gasteiger partial charge is 0.481 e. The minimum atomic E-state index is -4.53. The van der Waals surface area contributed by atoms with Gasteiger partial charge in [-0.1, -0.05) is 75.4 Å². The van der Waals surface area contributed by atoms with Crippen LogP contribution in [0.4, 0.5) is 23.7 Å². The monoisotopic (exact) mass is 798 g/mol. The molecule has 0 radical (unpaired) electrons. The molecular weight excluding hydrogens is 748 g/mol. The van der Waals surface area contributed by atoms with Crippen LogP contribution in [0.1, 0.15) is 102 Å². The number of alkyl halides is 3. The highest BCUT2D eigenvalue weighted by atomic mass is 19.4. The number of aromatic nitrogens is 2. The number of fused-ring (bicyclic) bond motifs is 2. The van der Waals surface area contributed by atoms with Crippen molar-refractivity contribution in [3.8, 4) is 0 Å². The average molecular weight is 799 g/mol. The summed E-state index contributed by atoms with van der Waals surface area (Å²) in [5, 5.41) is 14.1. The third-order valence-electron chi connectivity index (χ3n) is 13.5. The smallest absolute Gasteiger partial charge is 0.404 e. The number of amides is 3. The van der Waals surface area contributed by atoms with Crippen LogP contribution in [0.5, 0.6) is 0 Å². The Morgan fingerprint density at radius 1 is 1.02 bits per heavy atom. The fourth-order valence-corrected chi connectivity index (χ4v) is 10.1. The molecule has 58 heavy (non-hydrogen) atoms. The van der Waals surface area contributed by atoms with Crippen LogP contribution in [0.25, 0.3) is 10.8 Å². The molecule has 0 spiro atoms. The molecule has 0 unspecified atom stereocenters. The number of carbonyl (C=O) groups is 2. The van der Waals surface area contributed by atoms with Gasteiger partial charge in [0.1, 0.15) is 17.6 Å². The van der Waals surface area contributed by atoms with Crippen molar-refractivity contribution in [2.75, 3.05) is 5.32 Å². The lowest BCUT2D eigenvalue weighted by Gasteiger charge is -2.64. The van der Waals surface area contributed by atoms with Crippen LogP contribution >= 0.6 is 0 Å². The third-order valence-corrected chi connectivity index (χ3v) is 13.5. The Labute approximate surface area is 336 Å². The third kappa shape index (κ3) is 6.83. The zero-order chi connectivity index (χ0) is 41.4. The average Bonchev–Trinajstić information content (AvgIpc) is 3.70. The van der Waals surface area contributed by atoms with Gasteiger partial charge in [-0.15, -0.1) is 0 Å². The summed E-state index contributed by atoms with van der Waals surface area (Å²) in [4.78, 5) is 47.2. The molecule has 306 valence electrons. The number of carbonyl (C=O) groups excluding carboxylic acids is 2. The number of benzene rings is 3. The van der Waals surface area contributed by atoms with Gasteiger partial charge in [-0.05, 0) is 91.3 Å². The first kappa shape index (κ1) is 39.9. The standard InChI is InChI=1S/C43H50BF3N6O5/c1-7-35(44-57-34-20-28-19-33(40(28,3)4)42(34,6)58-44)51-36(54)32-21-41(5,52-39(56)50-24(2)29-17-11-14-26-13-8-9-16-30(26)29)38-49-23-31(37(55)53(32)38)48-22-25-12-10-15-27(18-25)43(45,46)47/h8-18,23-24,28,32-35,48H,7,19-22H2,1-6H3,(H,51,54)(H2,50,52,56)/t24-,28+,32+,33+,34-,35+,41-,42+/m1/s1. The Morgan fingerprint density at radius 3 is 2.50 bits per heavy atom. The van der Waals surface area contributed by atoms with E-state index in [2.05, 4.69) is 47.0 Å². The van der Waals surface area contributed by atoms with E-state index in [1.807, 2.05) is 56.3 Å². The molecule has 4 fully saturated rings. The summed E-state index contributed by atoms with van der Waals surface area (Å²) in [5.41, 5.74) is -1.82. The summed E-state index contributed by atoms with van der Waals surface area (Å²) >= 11 is 0. The van der Waals surface area contributed by atoms with E-state index >= 15 is 0 Å². The van der Waals surface area contributed by atoms with Gasteiger partial charge in [-0.3, -0.25) is 14.2 Å². The van der Waals surface area contributed by atoms with Gasteiger partial charge in [0.2, 0.25) is 5.91 Å². The number of nitrogens with zero attached hydrogens (tertiary/aromatic N) is 2. The van der Waals surface area contributed by atoms with Gasteiger partial charge < -0.3 is 30.6 Å². The maximum atomic E-state index is 14.5. The molecule has 2 aliphatic heterocycles. The van der Waals surface area contributed by atoms with Crippen molar-refractivity contribution in [3.63, 3.8) is 0 Å². The van der Waals surface area contributed by atoms with Gasteiger partial charge in [0, 0.05) is 13.0 Å². The lowest BCUT2D eigenvalue weighted by molar-refractivity contribution is -0.199. The number of rotatable bonds is 10. The number of hydrogen-bond donors (Lipinski definition) is 4. The second-order valence-corrected chi connectivity index (χ2v) is 17.5. The highest BCUT2D eigenvalue weighted by Crippen LogP contribution is 2.65. The summed E-state index contributed by atoms with van der Waals surface area (Å²) in [6.45, 7) is 12.1. The van der Waals surface area contributed by atoms with Crippen molar-refractivity contribution in [3.05, 3.63) is 106 Å². The molecule has 4 aromatic rings. The van der Waals surface area contributed by atoms with Crippen LogP contribution in [0.15, 0.2) is 77.7 Å². The molecular formula is C43H50BF3N6O5. The lowest BCUT2D eigenvalue weighted by atomic mass is 9.43. The van der Waals surface area contributed by atoms with Crippen LogP contribution in [0.3, 0.4) is 0 Å². The van der Waals surface area contributed by atoms with Gasteiger partial charge in [0.25, 0.3) is 5.56 Å². The molecule has 11 nitrogen and oxygen atoms in total. The molecule has 15 heteroatoms. The molecule has 3 amide bonds. The maximum absolute atomic E-state index is 14.5. The molecule has 3 heterocycles. The van der Waals surface area contributed by atoms with Crippen molar-refractivity contribution in [1.82, 2.24) is 25.5 Å². The molecule has 3 aromatic carbocycles. The Kier molecular flexibility index (Phi) is 9.94. The highest BCUT2D eigenvalue weighted by molar-refractivity contribution is 6.47. The van der Waals surface area contributed by atoms with E-state index < -0.39 is 65.5 Å². The fraction of sp³-hybridized carbons (Fsp3) is 0.488. The summed E-state index contributed by atoms with van der Waals surface area (Å²) in [5.74, 6) is 0.0394. The minimum absolute atomic E-state index is 0.00464. The molecule has 4 N–H and O–H groups in total. The van der Waals surface area contributed by atoms with E-state index in [1.54, 1.807) is 6.92 Å². The van der Waals surface area contributed by atoms with Crippen LogP contribution in [-0.4, -0.2) is 46.3 Å². The van der Waals surface area contributed by atoms with Crippen molar-refractivity contribution >= 4 is 35.5 Å². The second-order valence-electron chi connectivity index (χ2n) is 17.5. The van der Waals surface area contributed by atoms with E-state index in [1.165, 1.54) is 22.9 Å². The van der Waals surface area contributed by atoms with E-state index in [9.17, 15) is 27.6 Å². The van der Waals surface area contributed by atoms with E-state index in [-0.39, 0.29) is 36.0 Å². The number of anilines is 1. The normalized spacial score (nSPS) is 27.8. The molecule has 1 saturated heterocycles. The first-order chi connectivity index (χ1) is 27.4. The van der Waals surface area contributed by atoms with Crippen molar-refractivity contribution in [2.45, 2.75) is 115 Å². The first-order valence-corrected chi connectivity index (χ1v) is 20.1. The molecule has 8 atom stereocenters. The van der Waals surface area contributed by atoms with Gasteiger partial charge in [0.05, 0.1) is 41.0 Å². The van der Waals surface area contributed by atoms with Crippen LogP contribution in [0, 0.1) is 17.3 Å². The quantitative estimate of drug-likeness (QED) is 0.123. The van der Waals surface area contributed by atoms with Crippen LogP contribution < -0.4 is 26.8 Å². The van der Waals surface area contributed by atoms with Crippen molar-refractivity contribution < 1.29 is 32.1 Å². The predicted molar refractivity (Wildman–Crippen MR) is 215 cm³/mol. The van der Waals surface area contributed by atoms with Crippen molar-refractivity contribution in [1.29, 1.82) is 0 Å². The van der Waals surface area contributed by atoms with Crippen LogP contribution in [-0.2, 0) is 32.4 Å². The molecule has 2 bridgehead atoms. The Hall–Kier alpha value is -4.89. The minimum Gasteiger partial charge on any atom is -0.404 e. The van der Waals surface area contributed by atoms with E-state index in [4.69, 9.17) is 9.31 Å². The Morgan fingerprint density at radius 2 is 1.76 bits per heavy atom. The zero-order valence-corrected chi connectivity index (χ0v) is 33.6. The maximum Gasteiger partial charge on any atom is 0.481 e. The zero-order valence-electron chi connectivity index (χ0n) is 33.6. The summed E-state index contributed by atoms with van der Waals surface area (Å²) in [6.07, 6.45) is -0.868. The van der Waals surface area contributed by atoms with Crippen LogP contribution in [0.2, 0.25) is 0 Å². The van der Waals surface area contributed by atoms with Gasteiger partial charge in [0.15, 0.2) is 0 Å². The van der Waals surface area contributed by atoms with E-state index in [0.717, 1.165) is 41.3 Å². The first-order valence-electron chi connectivity index (χ1n) is 20.1. The van der Waals surface area contributed by atoms with E-state index in [0.29, 0.717) is 23.8 Å². The molecule has 3 aliphatic carbocycles. The predicted octanol–water partition coefficient (Wildman–Crippen LogP) is 7.41.